The van der Waals surface area contributed by atoms with Gasteiger partial charge in [-0.2, -0.15) is 0 Å². The maximum atomic E-state index is 13.5. The van der Waals surface area contributed by atoms with Crippen LogP contribution in [-0.2, 0) is 11.3 Å². The van der Waals surface area contributed by atoms with Crippen molar-refractivity contribution >= 4 is 44.8 Å². The van der Waals surface area contributed by atoms with Crippen LogP contribution >= 0.6 is 11.6 Å². The molecule has 0 saturated carbocycles. The normalized spacial score (nSPS) is 16.6. The molecule has 4 heterocycles. The average Bonchev–Trinajstić information content (AvgIpc) is 3.40. The number of nitrogens with zero attached hydrogens (tertiary/aromatic N) is 5. The lowest BCUT2D eigenvalue weighted by molar-refractivity contribution is 0.0960. The molecule has 0 amide bonds. The average molecular weight is 432 g/mol. The van der Waals surface area contributed by atoms with E-state index >= 15 is 0 Å². The molecule has 8 heteroatoms. The third-order valence-corrected chi connectivity index (χ3v) is 5.96. The van der Waals surface area contributed by atoms with Crippen LogP contribution in [0.1, 0.15) is 12.8 Å². The number of hydrogen-bond donors (Lipinski definition) is 0. The van der Waals surface area contributed by atoms with Gasteiger partial charge in [0, 0.05) is 11.6 Å². The van der Waals surface area contributed by atoms with Crippen LogP contribution in [0.4, 0.5) is 0 Å². The smallest absolute Gasteiger partial charge is 0.265 e. The predicted octanol–water partition coefficient (Wildman–Crippen LogP) is 4.12. The van der Waals surface area contributed by atoms with Gasteiger partial charge in [0.1, 0.15) is 17.2 Å². The van der Waals surface area contributed by atoms with E-state index in [1.807, 2.05) is 53.1 Å². The Morgan fingerprint density at radius 2 is 1.90 bits per heavy atom. The second-order valence-electron chi connectivity index (χ2n) is 7.74. The lowest BCUT2D eigenvalue weighted by atomic mass is 10.2. The molecule has 2 aromatic carbocycles. The van der Waals surface area contributed by atoms with Crippen molar-refractivity contribution in [1.29, 1.82) is 0 Å². The number of benzene rings is 2. The summed E-state index contributed by atoms with van der Waals surface area (Å²) in [6.07, 6.45) is 3.58. The molecule has 1 atom stereocenters. The molecule has 1 aliphatic heterocycles. The zero-order valence-electron chi connectivity index (χ0n) is 16.5. The number of aromatic nitrogens is 5. The number of para-hydroxylation sites is 2. The van der Waals surface area contributed by atoms with E-state index < -0.39 is 0 Å². The fraction of sp³-hybridized carbons (Fsp3) is 0.217. The molecule has 154 valence electrons. The number of hydrogen-bond acceptors (Lipinski definition) is 5. The lowest BCUT2D eigenvalue weighted by Crippen LogP contribution is -2.26. The first-order valence-electron chi connectivity index (χ1n) is 10.2. The maximum Gasteiger partial charge on any atom is 0.265 e. The zero-order chi connectivity index (χ0) is 20.9. The number of rotatable bonds is 3. The Morgan fingerprint density at radius 1 is 1.06 bits per heavy atom. The first-order chi connectivity index (χ1) is 15.2. The fourth-order valence-corrected chi connectivity index (χ4v) is 4.45. The van der Waals surface area contributed by atoms with Gasteiger partial charge in [-0.1, -0.05) is 29.8 Å². The monoisotopic (exact) mass is 431 g/mol. The quantitative estimate of drug-likeness (QED) is 0.429. The highest BCUT2D eigenvalue weighted by Gasteiger charge is 2.23. The molecule has 6 rings (SSSR count). The molecule has 1 unspecified atom stereocenters. The highest BCUT2D eigenvalue weighted by molar-refractivity contribution is 6.30. The van der Waals surface area contributed by atoms with Gasteiger partial charge in [0.15, 0.2) is 11.3 Å². The van der Waals surface area contributed by atoms with E-state index in [1.165, 1.54) is 0 Å². The summed E-state index contributed by atoms with van der Waals surface area (Å²) >= 11 is 6.26. The van der Waals surface area contributed by atoms with Crippen molar-refractivity contribution in [2.75, 3.05) is 6.61 Å². The van der Waals surface area contributed by atoms with Gasteiger partial charge in [-0.25, -0.2) is 15.0 Å². The minimum absolute atomic E-state index is 0.0325. The molecule has 0 aliphatic carbocycles. The third kappa shape index (κ3) is 3.00. The summed E-state index contributed by atoms with van der Waals surface area (Å²) in [5.74, 6) is 0. The van der Waals surface area contributed by atoms with Crippen molar-refractivity contribution in [3.8, 4) is 5.69 Å². The molecule has 0 radical (unpaired) electrons. The number of halogens is 1. The molecular weight excluding hydrogens is 414 g/mol. The van der Waals surface area contributed by atoms with Crippen LogP contribution in [-0.4, -0.2) is 36.8 Å². The van der Waals surface area contributed by atoms with E-state index in [-0.39, 0.29) is 11.7 Å². The molecular formula is C23H18ClN5O2. The predicted molar refractivity (Wildman–Crippen MR) is 120 cm³/mol. The zero-order valence-corrected chi connectivity index (χ0v) is 17.3. The molecule has 1 fully saturated rings. The van der Waals surface area contributed by atoms with Crippen molar-refractivity contribution in [3.63, 3.8) is 0 Å². The van der Waals surface area contributed by atoms with Gasteiger partial charge in [-0.3, -0.25) is 13.9 Å². The van der Waals surface area contributed by atoms with Gasteiger partial charge >= 0.3 is 0 Å². The van der Waals surface area contributed by atoms with Crippen molar-refractivity contribution in [2.24, 2.45) is 0 Å². The van der Waals surface area contributed by atoms with Gasteiger partial charge in [0.05, 0.1) is 29.4 Å². The minimum Gasteiger partial charge on any atom is -0.376 e. The molecule has 1 aliphatic rings. The highest BCUT2D eigenvalue weighted by atomic mass is 35.5. The van der Waals surface area contributed by atoms with Crippen LogP contribution in [0, 0.1) is 0 Å². The van der Waals surface area contributed by atoms with E-state index in [4.69, 9.17) is 26.3 Å². The Labute approximate surface area is 181 Å². The minimum atomic E-state index is -0.143. The molecule has 31 heavy (non-hydrogen) atoms. The van der Waals surface area contributed by atoms with Crippen molar-refractivity contribution in [3.05, 3.63) is 70.2 Å². The van der Waals surface area contributed by atoms with Crippen molar-refractivity contribution < 1.29 is 4.74 Å². The summed E-state index contributed by atoms with van der Waals surface area (Å²) in [5.41, 5.74) is 3.75. The van der Waals surface area contributed by atoms with Crippen molar-refractivity contribution in [1.82, 2.24) is 24.1 Å². The first-order valence-corrected chi connectivity index (χ1v) is 10.6. The van der Waals surface area contributed by atoms with Crippen LogP contribution in [0.5, 0.6) is 0 Å². The Bertz CT molecular complexity index is 1520. The Balaban J connectivity index is 1.69. The van der Waals surface area contributed by atoms with E-state index in [2.05, 4.69) is 4.98 Å². The summed E-state index contributed by atoms with van der Waals surface area (Å²) in [6, 6.07) is 15.0. The van der Waals surface area contributed by atoms with Crippen LogP contribution in [0.2, 0.25) is 5.02 Å². The molecule has 0 spiro atoms. The maximum absolute atomic E-state index is 13.5. The second kappa shape index (κ2) is 7.14. The number of ether oxygens (including phenoxy) is 1. The first kappa shape index (κ1) is 18.5. The van der Waals surface area contributed by atoms with Gasteiger partial charge in [-0.05, 0) is 43.2 Å². The van der Waals surface area contributed by atoms with Crippen LogP contribution in [0.3, 0.4) is 0 Å². The fourth-order valence-electron chi connectivity index (χ4n) is 4.27. The molecule has 5 aromatic rings. The van der Waals surface area contributed by atoms with E-state index in [0.717, 1.165) is 36.2 Å². The second-order valence-corrected chi connectivity index (χ2v) is 8.17. The summed E-state index contributed by atoms with van der Waals surface area (Å²) in [7, 11) is 0. The summed E-state index contributed by atoms with van der Waals surface area (Å²) in [5, 5.41) is 1.04. The molecule has 1 saturated heterocycles. The Kier molecular flexibility index (Phi) is 4.26. The molecule has 0 bridgehead atoms. The topological polar surface area (TPSA) is 74.8 Å². The molecule has 0 N–H and O–H groups in total. The Hall–Kier alpha value is -3.29. The van der Waals surface area contributed by atoms with E-state index in [1.54, 1.807) is 10.9 Å². The van der Waals surface area contributed by atoms with E-state index in [9.17, 15) is 4.79 Å². The third-order valence-electron chi connectivity index (χ3n) is 5.72. The van der Waals surface area contributed by atoms with Crippen LogP contribution in [0.25, 0.3) is 38.9 Å². The van der Waals surface area contributed by atoms with Gasteiger partial charge in [-0.15, -0.1) is 0 Å². The SMILES string of the molecule is O=c1c2c3nc4ccccc4nc3n(-c3cccc(Cl)c3)c2ncn1CC1CCCO1. The van der Waals surface area contributed by atoms with Gasteiger partial charge in [0.25, 0.3) is 5.56 Å². The number of fused-ring (bicyclic) bond motifs is 4. The lowest BCUT2D eigenvalue weighted by Gasteiger charge is -2.11. The van der Waals surface area contributed by atoms with Crippen LogP contribution < -0.4 is 5.56 Å². The highest BCUT2D eigenvalue weighted by Crippen LogP contribution is 2.29. The Morgan fingerprint density at radius 3 is 2.68 bits per heavy atom. The van der Waals surface area contributed by atoms with Gasteiger partial charge < -0.3 is 4.74 Å². The van der Waals surface area contributed by atoms with Gasteiger partial charge in [0.2, 0.25) is 0 Å². The largest absolute Gasteiger partial charge is 0.376 e. The molecule has 7 nitrogen and oxygen atoms in total. The molecule has 3 aromatic heterocycles. The van der Waals surface area contributed by atoms with Crippen molar-refractivity contribution in [2.45, 2.75) is 25.5 Å². The summed E-state index contributed by atoms with van der Waals surface area (Å²) < 4.78 is 9.20. The summed E-state index contributed by atoms with van der Waals surface area (Å²) in [4.78, 5) is 27.9. The van der Waals surface area contributed by atoms with Crippen LogP contribution in [0.15, 0.2) is 59.7 Å². The van der Waals surface area contributed by atoms with E-state index in [0.29, 0.717) is 33.8 Å². The standard InChI is InChI=1S/C23H18ClN5O2/c24-14-5-3-6-15(11-14)29-21-19(20-22(29)27-18-9-2-1-8-17(18)26-20)23(30)28(13-25-21)12-16-7-4-10-31-16/h1-3,5-6,8-9,11,13,16H,4,7,10,12H2. The summed E-state index contributed by atoms with van der Waals surface area (Å²) in [6.45, 7) is 1.22.